The Hall–Kier alpha value is -0.320. The highest BCUT2D eigenvalue weighted by atomic mass is 35.5. The van der Waals surface area contributed by atoms with Crippen LogP contribution in [0.1, 0.15) is 33.1 Å². The lowest BCUT2D eigenvalue weighted by Gasteiger charge is -2.29. The fraction of sp³-hybridized carbons (Fsp3) is 0.909. The van der Waals surface area contributed by atoms with E-state index in [1.54, 1.807) is 0 Å². The lowest BCUT2D eigenvalue weighted by molar-refractivity contribution is -0.131. The van der Waals surface area contributed by atoms with E-state index in [2.05, 4.69) is 5.32 Å². The highest BCUT2D eigenvalue weighted by Crippen LogP contribution is 2.25. The van der Waals surface area contributed by atoms with E-state index in [9.17, 15) is 4.79 Å². The molecule has 5 heteroatoms. The Bertz CT molecular complexity index is 206. The number of halogens is 1. The molecule has 1 heterocycles. The van der Waals surface area contributed by atoms with Crippen molar-refractivity contribution in [1.82, 2.24) is 5.32 Å². The molecule has 0 aromatic carbocycles. The zero-order valence-corrected chi connectivity index (χ0v) is 10.9. The first-order valence-corrected chi connectivity index (χ1v) is 5.77. The van der Waals surface area contributed by atoms with Crippen LogP contribution in [-0.2, 0) is 9.53 Å². The standard InChI is InChI=1S/C11H22N2O2.ClH/c1-3-11(4-2,8-12)10(14)13-9-5-6-15-7-9;/h9H,3-8,12H2,1-2H3,(H,13,14);1H. The van der Waals surface area contributed by atoms with Crippen LogP contribution in [0.15, 0.2) is 0 Å². The molecule has 1 aliphatic heterocycles. The molecule has 0 aromatic rings. The average molecular weight is 251 g/mol. The summed E-state index contributed by atoms with van der Waals surface area (Å²) in [5, 5.41) is 3.03. The van der Waals surface area contributed by atoms with E-state index in [0.717, 1.165) is 25.9 Å². The van der Waals surface area contributed by atoms with E-state index in [4.69, 9.17) is 10.5 Å². The molecule has 0 radical (unpaired) electrons. The molecule has 1 atom stereocenters. The number of amides is 1. The van der Waals surface area contributed by atoms with Crippen molar-refractivity contribution in [3.63, 3.8) is 0 Å². The lowest BCUT2D eigenvalue weighted by atomic mass is 9.81. The Morgan fingerprint density at radius 2 is 2.12 bits per heavy atom. The van der Waals surface area contributed by atoms with Gasteiger partial charge in [0.15, 0.2) is 0 Å². The van der Waals surface area contributed by atoms with Gasteiger partial charge in [-0.05, 0) is 19.3 Å². The van der Waals surface area contributed by atoms with Crippen molar-refractivity contribution in [2.24, 2.45) is 11.1 Å². The Morgan fingerprint density at radius 1 is 1.50 bits per heavy atom. The molecule has 1 fully saturated rings. The average Bonchev–Trinajstić information content (AvgIpc) is 2.74. The minimum atomic E-state index is -0.386. The molecule has 0 aromatic heterocycles. The van der Waals surface area contributed by atoms with Gasteiger partial charge in [0.05, 0.1) is 18.1 Å². The van der Waals surface area contributed by atoms with E-state index in [1.165, 1.54) is 0 Å². The predicted octanol–water partition coefficient (Wildman–Crippen LogP) is 1.08. The van der Waals surface area contributed by atoms with Gasteiger partial charge < -0.3 is 15.8 Å². The molecule has 0 aliphatic carbocycles. The highest BCUT2D eigenvalue weighted by Gasteiger charge is 2.34. The second-order valence-corrected chi connectivity index (χ2v) is 4.23. The Balaban J connectivity index is 0.00000225. The fourth-order valence-electron chi connectivity index (χ4n) is 1.94. The van der Waals surface area contributed by atoms with E-state index in [0.29, 0.717) is 13.2 Å². The molecule has 1 rings (SSSR count). The lowest BCUT2D eigenvalue weighted by Crippen LogP contribution is -2.49. The number of nitrogens with two attached hydrogens (primary N) is 1. The van der Waals surface area contributed by atoms with Gasteiger partial charge in [-0.1, -0.05) is 13.8 Å². The summed E-state index contributed by atoms with van der Waals surface area (Å²) in [4.78, 5) is 12.1. The van der Waals surface area contributed by atoms with Gasteiger partial charge in [-0.25, -0.2) is 0 Å². The fourth-order valence-corrected chi connectivity index (χ4v) is 1.94. The Kier molecular flexibility index (Phi) is 6.95. The summed E-state index contributed by atoms with van der Waals surface area (Å²) in [5.74, 6) is 0.0884. The summed E-state index contributed by atoms with van der Waals surface area (Å²) in [6, 6.07) is 0.182. The maximum atomic E-state index is 12.1. The maximum absolute atomic E-state index is 12.1. The van der Waals surface area contributed by atoms with Crippen molar-refractivity contribution in [2.45, 2.75) is 39.2 Å². The third kappa shape index (κ3) is 3.34. The summed E-state index contributed by atoms with van der Waals surface area (Å²) < 4.78 is 5.23. The summed E-state index contributed by atoms with van der Waals surface area (Å²) in [6.07, 6.45) is 2.50. The van der Waals surface area contributed by atoms with Crippen LogP contribution in [0.4, 0.5) is 0 Å². The van der Waals surface area contributed by atoms with Crippen molar-refractivity contribution in [1.29, 1.82) is 0 Å². The van der Waals surface area contributed by atoms with Crippen LogP contribution in [0.2, 0.25) is 0 Å². The van der Waals surface area contributed by atoms with Crippen LogP contribution in [0.3, 0.4) is 0 Å². The molecule has 16 heavy (non-hydrogen) atoms. The van der Waals surface area contributed by atoms with Crippen LogP contribution in [0, 0.1) is 5.41 Å². The maximum Gasteiger partial charge on any atom is 0.227 e. The minimum absolute atomic E-state index is 0. The van der Waals surface area contributed by atoms with Gasteiger partial charge in [0.2, 0.25) is 5.91 Å². The number of carbonyl (C=O) groups excluding carboxylic acids is 1. The normalized spacial score (nSPS) is 20.3. The first kappa shape index (κ1) is 15.7. The first-order valence-electron chi connectivity index (χ1n) is 5.77. The Labute approximate surface area is 104 Å². The van der Waals surface area contributed by atoms with Gasteiger partial charge in [-0.3, -0.25) is 4.79 Å². The molecular weight excluding hydrogens is 228 g/mol. The van der Waals surface area contributed by atoms with Crippen LogP contribution in [-0.4, -0.2) is 31.7 Å². The van der Waals surface area contributed by atoms with Crippen LogP contribution in [0.25, 0.3) is 0 Å². The number of hydrogen-bond acceptors (Lipinski definition) is 3. The Morgan fingerprint density at radius 3 is 2.50 bits per heavy atom. The third-order valence-electron chi connectivity index (χ3n) is 3.49. The summed E-state index contributed by atoms with van der Waals surface area (Å²) >= 11 is 0. The zero-order chi connectivity index (χ0) is 11.3. The molecule has 1 aliphatic rings. The molecular formula is C11H23ClN2O2. The molecule has 0 saturated carbocycles. The molecule has 1 saturated heterocycles. The molecule has 96 valence electrons. The van der Waals surface area contributed by atoms with Crippen LogP contribution < -0.4 is 11.1 Å². The summed E-state index contributed by atoms with van der Waals surface area (Å²) in [6.45, 7) is 5.83. The molecule has 0 spiro atoms. The SMILES string of the molecule is CCC(CC)(CN)C(=O)NC1CCOC1.Cl. The molecule has 3 N–H and O–H groups in total. The van der Waals surface area contributed by atoms with E-state index >= 15 is 0 Å². The number of nitrogens with one attached hydrogen (secondary N) is 1. The van der Waals surface area contributed by atoms with E-state index < -0.39 is 0 Å². The van der Waals surface area contributed by atoms with Crippen molar-refractivity contribution in [3.8, 4) is 0 Å². The highest BCUT2D eigenvalue weighted by molar-refractivity contribution is 5.85. The van der Waals surface area contributed by atoms with Crippen molar-refractivity contribution < 1.29 is 9.53 Å². The largest absolute Gasteiger partial charge is 0.379 e. The third-order valence-corrected chi connectivity index (χ3v) is 3.49. The van der Waals surface area contributed by atoms with Gasteiger partial charge in [-0.2, -0.15) is 0 Å². The van der Waals surface area contributed by atoms with Gasteiger partial charge in [-0.15, -0.1) is 12.4 Å². The number of hydrogen-bond donors (Lipinski definition) is 2. The smallest absolute Gasteiger partial charge is 0.227 e. The number of carbonyl (C=O) groups is 1. The molecule has 4 nitrogen and oxygen atoms in total. The van der Waals surface area contributed by atoms with Crippen molar-refractivity contribution >= 4 is 18.3 Å². The van der Waals surface area contributed by atoms with E-state index in [1.807, 2.05) is 13.8 Å². The first-order chi connectivity index (χ1) is 7.18. The number of rotatable bonds is 5. The zero-order valence-electron chi connectivity index (χ0n) is 10.1. The number of ether oxygens (including phenoxy) is 1. The predicted molar refractivity (Wildman–Crippen MR) is 66.7 cm³/mol. The monoisotopic (exact) mass is 250 g/mol. The van der Waals surface area contributed by atoms with Gasteiger partial charge in [0.1, 0.15) is 0 Å². The molecule has 1 unspecified atom stereocenters. The minimum Gasteiger partial charge on any atom is -0.379 e. The molecule has 1 amide bonds. The van der Waals surface area contributed by atoms with Gasteiger partial charge in [0, 0.05) is 13.2 Å². The van der Waals surface area contributed by atoms with Gasteiger partial charge >= 0.3 is 0 Å². The quantitative estimate of drug-likeness (QED) is 0.768. The topological polar surface area (TPSA) is 64.4 Å². The second-order valence-electron chi connectivity index (χ2n) is 4.23. The van der Waals surface area contributed by atoms with E-state index in [-0.39, 0.29) is 29.8 Å². The second kappa shape index (κ2) is 7.09. The van der Waals surface area contributed by atoms with Crippen LogP contribution in [0.5, 0.6) is 0 Å². The van der Waals surface area contributed by atoms with Crippen LogP contribution >= 0.6 is 12.4 Å². The van der Waals surface area contributed by atoms with Crippen molar-refractivity contribution in [2.75, 3.05) is 19.8 Å². The summed E-state index contributed by atoms with van der Waals surface area (Å²) in [7, 11) is 0. The summed E-state index contributed by atoms with van der Waals surface area (Å²) in [5.41, 5.74) is 5.33. The van der Waals surface area contributed by atoms with Crippen molar-refractivity contribution in [3.05, 3.63) is 0 Å². The molecule has 0 bridgehead atoms. The van der Waals surface area contributed by atoms with Gasteiger partial charge in [0.25, 0.3) is 0 Å².